The number of anilines is 1. The maximum atomic E-state index is 12.6. The van der Waals surface area contributed by atoms with Crippen LogP contribution in [0, 0.1) is 12.8 Å². The molecule has 0 bridgehead atoms. The monoisotopic (exact) mass is 389 g/mol. The van der Waals surface area contributed by atoms with E-state index in [2.05, 4.69) is 40.3 Å². The first-order valence-electron chi connectivity index (χ1n) is 10.3. The number of aromatic nitrogens is 1. The highest BCUT2D eigenvalue weighted by molar-refractivity contribution is 5.84. The van der Waals surface area contributed by atoms with Gasteiger partial charge in [-0.05, 0) is 68.1 Å². The fourth-order valence-corrected chi connectivity index (χ4v) is 4.13. The van der Waals surface area contributed by atoms with Gasteiger partial charge in [0.1, 0.15) is 6.29 Å². The molecule has 5 heteroatoms. The van der Waals surface area contributed by atoms with Gasteiger partial charge in [-0.2, -0.15) is 0 Å². The van der Waals surface area contributed by atoms with Crippen LogP contribution in [0.25, 0.3) is 10.9 Å². The first kappa shape index (κ1) is 19.2. The molecular formula is C24H27N3O2. The highest BCUT2D eigenvalue weighted by atomic mass is 16.1. The van der Waals surface area contributed by atoms with E-state index in [0.717, 1.165) is 49.8 Å². The lowest BCUT2D eigenvalue weighted by molar-refractivity contribution is -0.125. The number of nitrogens with zero attached hydrogens (tertiary/aromatic N) is 1. The molecule has 0 saturated carbocycles. The topological polar surface area (TPSA) is 65.2 Å². The molecule has 0 radical (unpaired) electrons. The number of hydrogen-bond donors (Lipinski definition) is 2. The maximum Gasteiger partial charge on any atom is 0.223 e. The highest BCUT2D eigenvalue weighted by Gasteiger charge is 2.24. The molecule has 0 unspecified atom stereocenters. The van der Waals surface area contributed by atoms with Gasteiger partial charge >= 0.3 is 0 Å². The Balaban J connectivity index is 1.26. The van der Waals surface area contributed by atoms with E-state index >= 15 is 0 Å². The number of amides is 1. The molecule has 1 fully saturated rings. The number of H-pyrrole nitrogens is 1. The highest BCUT2D eigenvalue weighted by Crippen LogP contribution is 2.24. The van der Waals surface area contributed by atoms with Gasteiger partial charge in [-0.15, -0.1) is 0 Å². The number of carbonyl (C=O) groups excluding carboxylic acids is 2. The summed E-state index contributed by atoms with van der Waals surface area (Å²) < 4.78 is 0. The number of nitrogens with one attached hydrogen (secondary N) is 2. The first-order chi connectivity index (χ1) is 14.1. The number of piperidine rings is 1. The van der Waals surface area contributed by atoms with Crippen molar-refractivity contribution in [3.63, 3.8) is 0 Å². The van der Waals surface area contributed by atoms with Crippen molar-refractivity contribution in [2.45, 2.75) is 26.2 Å². The summed E-state index contributed by atoms with van der Waals surface area (Å²) in [5.74, 6) is 0.239. The summed E-state index contributed by atoms with van der Waals surface area (Å²) in [5, 5.41) is 4.37. The van der Waals surface area contributed by atoms with Crippen molar-refractivity contribution in [1.82, 2.24) is 10.3 Å². The van der Waals surface area contributed by atoms with Crippen LogP contribution in [0.5, 0.6) is 0 Å². The van der Waals surface area contributed by atoms with Gasteiger partial charge in [0.05, 0.1) is 0 Å². The third-order valence-corrected chi connectivity index (χ3v) is 5.88. The number of aldehydes is 1. The van der Waals surface area contributed by atoms with Gasteiger partial charge < -0.3 is 15.2 Å². The van der Waals surface area contributed by atoms with Crippen LogP contribution >= 0.6 is 0 Å². The lowest BCUT2D eigenvalue weighted by atomic mass is 9.95. The smallest absolute Gasteiger partial charge is 0.223 e. The Hall–Kier alpha value is -3.08. The Labute approximate surface area is 171 Å². The summed E-state index contributed by atoms with van der Waals surface area (Å²) >= 11 is 0. The molecule has 3 aromatic rings. The summed E-state index contributed by atoms with van der Waals surface area (Å²) in [6.07, 6.45) is 5.45. The second kappa shape index (κ2) is 8.52. The van der Waals surface area contributed by atoms with Gasteiger partial charge in [0.15, 0.2) is 0 Å². The number of rotatable bonds is 6. The molecule has 1 aromatic heterocycles. The molecule has 2 aromatic carbocycles. The second-order valence-electron chi connectivity index (χ2n) is 7.87. The van der Waals surface area contributed by atoms with Crippen molar-refractivity contribution in [3.05, 3.63) is 65.4 Å². The third kappa shape index (κ3) is 4.34. The summed E-state index contributed by atoms with van der Waals surface area (Å²) in [7, 11) is 0. The SMILES string of the molecule is Cc1ccc2[nH]cc(CCNC(=O)C3CCN(c4ccc(C=O)cc4)CC3)c2c1. The van der Waals surface area contributed by atoms with E-state index < -0.39 is 0 Å². The minimum Gasteiger partial charge on any atom is -0.371 e. The van der Waals surface area contributed by atoms with Crippen LogP contribution in [0.2, 0.25) is 0 Å². The van der Waals surface area contributed by atoms with Crippen molar-refractivity contribution in [2.75, 3.05) is 24.5 Å². The summed E-state index contributed by atoms with van der Waals surface area (Å²) in [6, 6.07) is 14.0. The van der Waals surface area contributed by atoms with E-state index in [1.54, 1.807) is 0 Å². The molecule has 5 nitrogen and oxygen atoms in total. The number of fused-ring (bicyclic) bond motifs is 1. The van der Waals surface area contributed by atoms with Gasteiger partial charge in [0.2, 0.25) is 5.91 Å². The summed E-state index contributed by atoms with van der Waals surface area (Å²) in [5.41, 5.74) is 5.44. The number of aromatic amines is 1. The minimum absolute atomic E-state index is 0.0747. The molecule has 150 valence electrons. The van der Waals surface area contributed by atoms with Crippen molar-refractivity contribution in [1.29, 1.82) is 0 Å². The summed E-state index contributed by atoms with van der Waals surface area (Å²) in [4.78, 5) is 29.0. The van der Waals surface area contributed by atoms with E-state index in [9.17, 15) is 9.59 Å². The maximum absolute atomic E-state index is 12.6. The zero-order valence-electron chi connectivity index (χ0n) is 16.8. The zero-order valence-corrected chi connectivity index (χ0v) is 16.8. The molecule has 0 aliphatic carbocycles. The molecule has 1 aliphatic heterocycles. The molecule has 1 aliphatic rings. The lowest BCUT2D eigenvalue weighted by Crippen LogP contribution is -2.41. The van der Waals surface area contributed by atoms with Crippen LogP contribution in [-0.2, 0) is 11.2 Å². The van der Waals surface area contributed by atoms with Crippen LogP contribution < -0.4 is 10.2 Å². The van der Waals surface area contributed by atoms with Crippen molar-refractivity contribution >= 4 is 28.8 Å². The Morgan fingerprint density at radius 3 is 2.66 bits per heavy atom. The quantitative estimate of drug-likeness (QED) is 0.629. The molecule has 1 amide bonds. The molecule has 0 atom stereocenters. The Morgan fingerprint density at radius 1 is 1.17 bits per heavy atom. The number of carbonyl (C=O) groups is 2. The van der Waals surface area contributed by atoms with Crippen LogP contribution in [0.15, 0.2) is 48.7 Å². The van der Waals surface area contributed by atoms with Gasteiger partial charge in [0.25, 0.3) is 0 Å². The average Bonchev–Trinajstić information content (AvgIpc) is 3.16. The fourth-order valence-electron chi connectivity index (χ4n) is 4.13. The molecule has 0 spiro atoms. The molecule has 2 N–H and O–H groups in total. The standard InChI is InChI=1S/C24H27N3O2/c1-17-2-7-23-22(14-17)20(15-26-23)8-11-25-24(29)19-9-12-27(13-10-19)21-5-3-18(16-28)4-6-21/h2-7,14-16,19,26H,8-13H2,1H3,(H,25,29). The van der Waals surface area contributed by atoms with E-state index in [-0.39, 0.29) is 11.8 Å². The molecule has 29 heavy (non-hydrogen) atoms. The largest absolute Gasteiger partial charge is 0.371 e. The fraction of sp³-hybridized carbons (Fsp3) is 0.333. The van der Waals surface area contributed by atoms with Crippen molar-refractivity contribution in [3.8, 4) is 0 Å². The van der Waals surface area contributed by atoms with E-state index in [0.29, 0.717) is 12.1 Å². The predicted octanol–water partition coefficient (Wildman–Crippen LogP) is 3.86. The zero-order chi connectivity index (χ0) is 20.2. The van der Waals surface area contributed by atoms with Crippen LogP contribution in [-0.4, -0.2) is 36.8 Å². The third-order valence-electron chi connectivity index (χ3n) is 5.88. The normalized spacial score (nSPS) is 14.9. The first-order valence-corrected chi connectivity index (χ1v) is 10.3. The summed E-state index contributed by atoms with van der Waals surface area (Å²) in [6.45, 7) is 4.48. The minimum atomic E-state index is 0.0747. The van der Waals surface area contributed by atoms with Gasteiger partial charge in [-0.25, -0.2) is 0 Å². The van der Waals surface area contributed by atoms with E-state index in [1.165, 1.54) is 16.5 Å². The molecule has 2 heterocycles. The Kier molecular flexibility index (Phi) is 5.65. The van der Waals surface area contributed by atoms with Gasteiger partial charge in [0, 0.05) is 53.9 Å². The average molecular weight is 389 g/mol. The molecule has 4 rings (SSSR count). The Morgan fingerprint density at radius 2 is 1.93 bits per heavy atom. The van der Waals surface area contributed by atoms with Crippen LogP contribution in [0.4, 0.5) is 5.69 Å². The van der Waals surface area contributed by atoms with Crippen LogP contribution in [0.3, 0.4) is 0 Å². The molecule has 1 saturated heterocycles. The predicted molar refractivity (Wildman–Crippen MR) is 117 cm³/mol. The van der Waals surface area contributed by atoms with Crippen LogP contribution in [0.1, 0.15) is 34.3 Å². The number of hydrogen-bond acceptors (Lipinski definition) is 3. The number of benzene rings is 2. The van der Waals surface area contributed by atoms with Gasteiger partial charge in [-0.1, -0.05) is 11.6 Å². The Bertz CT molecular complexity index is 999. The molecular weight excluding hydrogens is 362 g/mol. The van der Waals surface area contributed by atoms with Gasteiger partial charge in [-0.3, -0.25) is 9.59 Å². The number of aryl methyl sites for hydroxylation is 1. The van der Waals surface area contributed by atoms with E-state index in [1.807, 2.05) is 30.5 Å². The lowest BCUT2D eigenvalue weighted by Gasteiger charge is -2.33. The van der Waals surface area contributed by atoms with Crippen molar-refractivity contribution < 1.29 is 9.59 Å². The van der Waals surface area contributed by atoms with Crippen molar-refractivity contribution in [2.24, 2.45) is 5.92 Å². The van der Waals surface area contributed by atoms with E-state index in [4.69, 9.17) is 0 Å². The second-order valence-corrected chi connectivity index (χ2v) is 7.87.